The van der Waals surface area contributed by atoms with Crippen molar-refractivity contribution in [2.24, 2.45) is 0 Å². The van der Waals surface area contributed by atoms with Crippen molar-refractivity contribution in [1.29, 1.82) is 0 Å². The SMILES string of the molecule is C=C(Cl)CNC(=O)c1ccc(C)c(Cl)c1. The number of aryl methyl sites for hydroxylation is 1. The van der Waals surface area contributed by atoms with E-state index < -0.39 is 0 Å². The topological polar surface area (TPSA) is 29.1 Å². The summed E-state index contributed by atoms with van der Waals surface area (Å²) < 4.78 is 0. The van der Waals surface area contributed by atoms with Crippen LogP contribution in [0.2, 0.25) is 5.02 Å². The predicted molar refractivity (Wildman–Crippen MR) is 63.5 cm³/mol. The molecule has 0 aliphatic rings. The van der Waals surface area contributed by atoms with Crippen LogP contribution >= 0.6 is 23.2 Å². The van der Waals surface area contributed by atoms with Crippen molar-refractivity contribution in [3.63, 3.8) is 0 Å². The summed E-state index contributed by atoms with van der Waals surface area (Å²) in [4.78, 5) is 11.5. The van der Waals surface area contributed by atoms with Crippen molar-refractivity contribution in [2.45, 2.75) is 6.92 Å². The van der Waals surface area contributed by atoms with Crippen LogP contribution in [-0.4, -0.2) is 12.5 Å². The molecule has 0 aliphatic carbocycles. The van der Waals surface area contributed by atoms with E-state index >= 15 is 0 Å². The third kappa shape index (κ3) is 3.57. The van der Waals surface area contributed by atoms with Crippen molar-refractivity contribution in [2.75, 3.05) is 6.54 Å². The van der Waals surface area contributed by atoms with E-state index in [2.05, 4.69) is 11.9 Å². The van der Waals surface area contributed by atoms with Crippen LogP contribution in [0.15, 0.2) is 29.8 Å². The van der Waals surface area contributed by atoms with E-state index in [-0.39, 0.29) is 12.5 Å². The van der Waals surface area contributed by atoms with Gasteiger partial charge in [-0.15, -0.1) is 0 Å². The van der Waals surface area contributed by atoms with Crippen LogP contribution in [0.1, 0.15) is 15.9 Å². The molecule has 0 heterocycles. The summed E-state index contributed by atoms with van der Waals surface area (Å²) >= 11 is 11.4. The summed E-state index contributed by atoms with van der Waals surface area (Å²) in [5.74, 6) is -0.210. The quantitative estimate of drug-likeness (QED) is 0.869. The Labute approximate surface area is 98.9 Å². The molecule has 1 rings (SSSR count). The van der Waals surface area contributed by atoms with E-state index in [1.807, 2.05) is 6.92 Å². The molecule has 1 N–H and O–H groups in total. The minimum atomic E-state index is -0.210. The maximum absolute atomic E-state index is 11.5. The van der Waals surface area contributed by atoms with Gasteiger partial charge in [0.15, 0.2) is 0 Å². The second-order valence-electron chi connectivity index (χ2n) is 3.16. The van der Waals surface area contributed by atoms with Crippen LogP contribution in [0.25, 0.3) is 0 Å². The number of carbonyl (C=O) groups excluding carboxylic acids is 1. The third-order valence-corrected chi connectivity index (χ3v) is 2.42. The van der Waals surface area contributed by atoms with Crippen molar-refractivity contribution in [3.8, 4) is 0 Å². The van der Waals surface area contributed by atoms with Crippen LogP contribution < -0.4 is 5.32 Å². The van der Waals surface area contributed by atoms with Gasteiger partial charge in [0.1, 0.15) is 0 Å². The van der Waals surface area contributed by atoms with Crippen LogP contribution in [0.3, 0.4) is 0 Å². The average Bonchev–Trinajstić information content (AvgIpc) is 2.18. The number of halogens is 2. The van der Waals surface area contributed by atoms with Gasteiger partial charge in [-0.05, 0) is 24.6 Å². The normalized spacial score (nSPS) is 9.80. The molecule has 4 heteroatoms. The van der Waals surface area contributed by atoms with Gasteiger partial charge in [0.05, 0.1) is 6.54 Å². The first-order chi connectivity index (χ1) is 7.00. The number of rotatable bonds is 3. The number of hydrogen-bond donors (Lipinski definition) is 1. The van der Waals surface area contributed by atoms with E-state index in [9.17, 15) is 4.79 Å². The monoisotopic (exact) mass is 243 g/mol. The molecule has 0 aromatic heterocycles. The van der Waals surface area contributed by atoms with E-state index in [1.54, 1.807) is 18.2 Å². The molecule has 80 valence electrons. The molecule has 0 radical (unpaired) electrons. The summed E-state index contributed by atoms with van der Waals surface area (Å²) in [5, 5.41) is 3.58. The van der Waals surface area contributed by atoms with Crippen molar-refractivity contribution < 1.29 is 4.79 Å². The molecule has 0 saturated carbocycles. The van der Waals surface area contributed by atoms with Gasteiger partial charge in [-0.2, -0.15) is 0 Å². The van der Waals surface area contributed by atoms with Gasteiger partial charge >= 0.3 is 0 Å². The predicted octanol–water partition coefficient (Wildman–Crippen LogP) is 3.13. The molecule has 0 fully saturated rings. The zero-order chi connectivity index (χ0) is 11.4. The maximum Gasteiger partial charge on any atom is 0.251 e. The molecule has 2 nitrogen and oxygen atoms in total. The molecule has 0 aliphatic heterocycles. The van der Waals surface area contributed by atoms with Gasteiger partial charge in [0.25, 0.3) is 5.91 Å². The number of nitrogens with one attached hydrogen (secondary N) is 1. The Morgan fingerprint density at radius 1 is 1.53 bits per heavy atom. The maximum atomic E-state index is 11.5. The van der Waals surface area contributed by atoms with E-state index in [4.69, 9.17) is 23.2 Å². The lowest BCUT2D eigenvalue weighted by atomic mass is 10.1. The second kappa shape index (κ2) is 5.19. The van der Waals surface area contributed by atoms with Crippen LogP contribution in [0.5, 0.6) is 0 Å². The molecule has 0 unspecified atom stereocenters. The fourth-order valence-electron chi connectivity index (χ4n) is 1.01. The Morgan fingerprint density at radius 2 is 2.20 bits per heavy atom. The minimum Gasteiger partial charge on any atom is -0.347 e. The van der Waals surface area contributed by atoms with Gasteiger partial charge in [-0.1, -0.05) is 35.8 Å². The highest BCUT2D eigenvalue weighted by atomic mass is 35.5. The zero-order valence-corrected chi connectivity index (χ0v) is 9.82. The molecular weight excluding hydrogens is 233 g/mol. The highest BCUT2D eigenvalue weighted by molar-refractivity contribution is 6.31. The second-order valence-corrected chi connectivity index (χ2v) is 4.11. The lowest BCUT2D eigenvalue weighted by Gasteiger charge is -2.05. The highest BCUT2D eigenvalue weighted by Gasteiger charge is 2.06. The smallest absolute Gasteiger partial charge is 0.251 e. The van der Waals surface area contributed by atoms with Gasteiger partial charge in [-0.3, -0.25) is 4.79 Å². The van der Waals surface area contributed by atoms with Crippen LogP contribution in [0.4, 0.5) is 0 Å². The number of benzene rings is 1. The third-order valence-electron chi connectivity index (χ3n) is 1.87. The lowest BCUT2D eigenvalue weighted by molar-refractivity contribution is 0.0957. The Hall–Kier alpha value is -0.990. The Kier molecular flexibility index (Phi) is 4.18. The summed E-state index contributed by atoms with van der Waals surface area (Å²) in [6.45, 7) is 5.61. The molecule has 1 amide bonds. The highest BCUT2D eigenvalue weighted by Crippen LogP contribution is 2.16. The first-order valence-electron chi connectivity index (χ1n) is 4.38. The molecule has 1 aromatic carbocycles. The van der Waals surface area contributed by atoms with Crippen LogP contribution in [0, 0.1) is 6.92 Å². The number of amides is 1. The Bertz CT molecular complexity index is 402. The van der Waals surface area contributed by atoms with E-state index in [1.165, 1.54) is 0 Å². The number of hydrogen-bond acceptors (Lipinski definition) is 1. The molecular formula is C11H11Cl2NO. The molecule has 0 bridgehead atoms. The van der Waals surface area contributed by atoms with Crippen molar-refractivity contribution in [1.82, 2.24) is 5.32 Å². The first-order valence-corrected chi connectivity index (χ1v) is 5.14. The Morgan fingerprint density at radius 3 is 2.73 bits per heavy atom. The summed E-state index contributed by atoms with van der Waals surface area (Å²) in [7, 11) is 0. The van der Waals surface area contributed by atoms with Crippen molar-refractivity contribution >= 4 is 29.1 Å². The molecule has 0 atom stereocenters. The molecule has 15 heavy (non-hydrogen) atoms. The number of carbonyl (C=O) groups is 1. The van der Waals surface area contributed by atoms with Crippen LogP contribution in [-0.2, 0) is 0 Å². The summed E-state index contributed by atoms with van der Waals surface area (Å²) in [6.07, 6.45) is 0. The van der Waals surface area contributed by atoms with Gasteiger partial charge in [-0.25, -0.2) is 0 Å². The minimum absolute atomic E-state index is 0.210. The first kappa shape index (κ1) is 12.1. The largest absolute Gasteiger partial charge is 0.347 e. The lowest BCUT2D eigenvalue weighted by Crippen LogP contribution is -2.24. The van der Waals surface area contributed by atoms with Gasteiger partial charge in [0.2, 0.25) is 0 Å². The standard InChI is InChI=1S/C11H11Cl2NO/c1-7-3-4-9(5-10(7)13)11(15)14-6-8(2)12/h3-5H,2,6H2,1H3,(H,14,15). The Balaban J connectivity index is 2.74. The van der Waals surface area contributed by atoms with Gasteiger partial charge < -0.3 is 5.32 Å². The summed E-state index contributed by atoms with van der Waals surface area (Å²) in [6, 6.07) is 5.14. The summed E-state index contributed by atoms with van der Waals surface area (Å²) in [5.41, 5.74) is 1.46. The van der Waals surface area contributed by atoms with E-state index in [0.29, 0.717) is 15.6 Å². The fourth-order valence-corrected chi connectivity index (χ4v) is 1.26. The molecule has 0 spiro atoms. The molecule has 0 saturated heterocycles. The molecule has 1 aromatic rings. The average molecular weight is 244 g/mol. The zero-order valence-electron chi connectivity index (χ0n) is 8.31. The van der Waals surface area contributed by atoms with E-state index in [0.717, 1.165) is 5.56 Å². The van der Waals surface area contributed by atoms with Gasteiger partial charge in [0, 0.05) is 15.6 Å². The fraction of sp³-hybridized carbons (Fsp3) is 0.182. The van der Waals surface area contributed by atoms with Crippen molar-refractivity contribution in [3.05, 3.63) is 46.0 Å².